The first-order valence-corrected chi connectivity index (χ1v) is 4.48. The Labute approximate surface area is 91.4 Å². The van der Waals surface area contributed by atoms with Gasteiger partial charge in [-0.3, -0.25) is 0 Å². The number of alkyl halides is 2. The zero-order chi connectivity index (χ0) is 11.6. The third kappa shape index (κ3) is 2.28. The van der Waals surface area contributed by atoms with Gasteiger partial charge in [-0.25, -0.2) is 22.9 Å². The van der Waals surface area contributed by atoms with Gasteiger partial charge in [0.05, 0.1) is 17.1 Å². The molecule has 1 aromatic heterocycles. The number of hydrogen-bond acceptors (Lipinski definition) is 3. The molecule has 7 heteroatoms. The molecule has 0 saturated carbocycles. The summed E-state index contributed by atoms with van der Waals surface area (Å²) in [5.74, 6) is -2.11. The van der Waals surface area contributed by atoms with Gasteiger partial charge in [-0.15, -0.1) is 0 Å². The van der Waals surface area contributed by atoms with Gasteiger partial charge in [0.25, 0.3) is 6.43 Å². The normalized spacial score (nSPS) is 10.5. The first-order valence-electron chi connectivity index (χ1n) is 3.69. The van der Waals surface area contributed by atoms with Crippen LogP contribution in [0.25, 0.3) is 0 Å². The third-order valence-electron chi connectivity index (χ3n) is 1.60. The van der Waals surface area contributed by atoms with E-state index >= 15 is 0 Å². The molecule has 1 aromatic rings. The van der Waals surface area contributed by atoms with Crippen molar-refractivity contribution in [2.45, 2.75) is 6.43 Å². The Balaban J connectivity index is 3.27. The summed E-state index contributed by atoms with van der Waals surface area (Å²) in [5.41, 5.74) is -1.24. The maximum absolute atomic E-state index is 13.2. The molecular weight excluding hydrogens is 279 g/mol. The van der Waals surface area contributed by atoms with Gasteiger partial charge >= 0.3 is 5.97 Å². The number of esters is 1. The fourth-order valence-electron chi connectivity index (χ4n) is 0.869. The van der Waals surface area contributed by atoms with Crippen LogP contribution >= 0.6 is 15.9 Å². The number of carbonyl (C=O) groups excluding carboxylic acids is 1. The predicted octanol–water partition coefficient (Wildman–Crippen LogP) is 2.71. The number of halogens is 4. The average molecular weight is 284 g/mol. The van der Waals surface area contributed by atoms with E-state index in [1.165, 1.54) is 0 Å². The van der Waals surface area contributed by atoms with Crippen LogP contribution in [0.5, 0.6) is 0 Å². The van der Waals surface area contributed by atoms with Crippen molar-refractivity contribution in [3.05, 3.63) is 27.7 Å². The summed E-state index contributed by atoms with van der Waals surface area (Å²) in [5, 5.41) is 0. The molecule has 0 aromatic carbocycles. The summed E-state index contributed by atoms with van der Waals surface area (Å²) in [6, 6.07) is 0. The predicted molar refractivity (Wildman–Crippen MR) is 48.2 cm³/mol. The van der Waals surface area contributed by atoms with E-state index in [1.807, 2.05) is 0 Å². The number of nitrogens with zero attached hydrogens (tertiary/aromatic N) is 1. The molecule has 0 fully saturated rings. The topological polar surface area (TPSA) is 39.2 Å². The minimum Gasteiger partial charge on any atom is -0.464 e. The molecule has 0 spiro atoms. The van der Waals surface area contributed by atoms with Gasteiger partial charge in [0.1, 0.15) is 5.82 Å². The third-order valence-corrected chi connectivity index (χ3v) is 2.32. The van der Waals surface area contributed by atoms with E-state index in [0.29, 0.717) is 6.20 Å². The van der Waals surface area contributed by atoms with Gasteiger partial charge in [-0.1, -0.05) is 0 Å². The van der Waals surface area contributed by atoms with Crippen molar-refractivity contribution in [2.24, 2.45) is 0 Å². The van der Waals surface area contributed by atoms with Crippen LogP contribution in [0.1, 0.15) is 22.5 Å². The van der Waals surface area contributed by atoms with Gasteiger partial charge < -0.3 is 4.74 Å². The molecule has 0 N–H and O–H groups in total. The standard InChI is InChI=1S/C8H5BrF3NO2/c1-15-8(14)6-4(9)5(10)3(2-13-6)7(11)12/h2,7H,1H3. The molecule has 1 rings (SSSR count). The summed E-state index contributed by atoms with van der Waals surface area (Å²) in [4.78, 5) is 14.4. The lowest BCUT2D eigenvalue weighted by Crippen LogP contribution is -2.08. The van der Waals surface area contributed by atoms with Crippen LogP contribution in [0.3, 0.4) is 0 Å². The van der Waals surface area contributed by atoms with Crippen molar-refractivity contribution in [1.82, 2.24) is 4.98 Å². The minimum absolute atomic E-state index is 0.376. The molecule has 15 heavy (non-hydrogen) atoms. The van der Waals surface area contributed by atoms with Gasteiger partial charge in [-0.2, -0.15) is 0 Å². The highest BCUT2D eigenvalue weighted by Crippen LogP contribution is 2.28. The molecule has 0 unspecified atom stereocenters. The largest absolute Gasteiger partial charge is 0.464 e. The number of hydrogen-bond donors (Lipinski definition) is 0. The van der Waals surface area contributed by atoms with Gasteiger partial charge in [0, 0.05) is 6.20 Å². The quantitative estimate of drug-likeness (QED) is 0.784. The fourth-order valence-corrected chi connectivity index (χ4v) is 1.36. The smallest absolute Gasteiger partial charge is 0.357 e. The Morgan fingerprint density at radius 2 is 2.20 bits per heavy atom. The summed E-state index contributed by atoms with van der Waals surface area (Å²) in [6.45, 7) is 0. The molecule has 0 bridgehead atoms. The van der Waals surface area contributed by atoms with Crippen LogP contribution in [-0.4, -0.2) is 18.1 Å². The molecule has 3 nitrogen and oxygen atoms in total. The average Bonchev–Trinajstić information content (AvgIpc) is 2.20. The van der Waals surface area contributed by atoms with Crippen molar-refractivity contribution in [1.29, 1.82) is 0 Å². The molecule has 0 aliphatic rings. The van der Waals surface area contributed by atoms with E-state index in [1.54, 1.807) is 0 Å². The number of methoxy groups -OCH3 is 1. The highest BCUT2D eigenvalue weighted by atomic mass is 79.9. The van der Waals surface area contributed by atoms with Crippen molar-refractivity contribution in [2.75, 3.05) is 7.11 Å². The molecule has 0 aliphatic heterocycles. The molecule has 0 saturated heterocycles. The maximum Gasteiger partial charge on any atom is 0.357 e. The number of rotatable bonds is 2. The van der Waals surface area contributed by atoms with Crippen molar-refractivity contribution in [3.8, 4) is 0 Å². The van der Waals surface area contributed by atoms with Crippen LogP contribution in [0.15, 0.2) is 10.7 Å². The Kier molecular flexibility index (Phi) is 3.67. The van der Waals surface area contributed by atoms with Gasteiger partial charge in [-0.05, 0) is 15.9 Å². The second-order valence-electron chi connectivity index (χ2n) is 2.48. The maximum atomic E-state index is 13.2. The highest BCUT2D eigenvalue weighted by Gasteiger charge is 2.22. The fraction of sp³-hybridized carbons (Fsp3) is 0.250. The first kappa shape index (κ1) is 12.0. The Hall–Kier alpha value is -1.11. The lowest BCUT2D eigenvalue weighted by Gasteiger charge is -2.06. The van der Waals surface area contributed by atoms with Crippen molar-refractivity contribution < 1.29 is 22.7 Å². The van der Waals surface area contributed by atoms with Crippen molar-refractivity contribution >= 4 is 21.9 Å². The van der Waals surface area contributed by atoms with Crippen LogP contribution in [0.4, 0.5) is 13.2 Å². The lowest BCUT2D eigenvalue weighted by molar-refractivity contribution is 0.0591. The molecule has 0 atom stereocenters. The minimum atomic E-state index is -2.99. The van der Waals surface area contributed by atoms with Gasteiger partial charge in [0.15, 0.2) is 5.69 Å². The molecule has 0 aliphatic carbocycles. The molecule has 0 amide bonds. The Bertz CT molecular complexity index is 398. The van der Waals surface area contributed by atoms with Crippen LogP contribution in [-0.2, 0) is 4.74 Å². The number of pyridine rings is 1. The molecule has 1 heterocycles. The molecule has 0 radical (unpaired) electrons. The zero-order valence-corrected chi connectivity index (χ0v) is 9.02. The van der Waals surface area contributed by atoms with E-state index in [0.717, 1.165) is 7.11 Å². The van der Waals surface area contributed by atoms with E-state index in [-0.39, 0.29) is 5.69 Å². The van der Waals surface area contributed by atoms with Crippen LogP contribution in [0, 0.1) is 5.82 Å². The summed E-state index contributed by atoms with van der Waals surface area (Å²) >= 11 is 2.67. The lowest BCUT2D eigenvalue weighted by atomic mass is 10.2. The highest BCUT2D eigenvalue weighted by molar-refractivity contribution is 9.10. The Morgan fingerprint density at radius 3 is 2.67 bits per heavy atom. The summed E-state index contributed by atoms with van der Waals surface area (Å²) in [6.07, 6.45) is -2.38. The Morgan fingerprint density at radius 1 is 1.60 bits per heavy atom. The second-order valence-corrected chi connectivity index (χ2v) is 3.28. The van der Waals surface area contributed by atoms with Crippen LogP contribution < -0.4 is 0 Å². The summed E-state index contributed by atoms with van der Waals surface area (Å²) in [7, 11) is 1.08. The van der Waals surface area contributed by atoms with E-state index in [4.69, 9.17) is 0 Å². The number of carbonyl (C=O) groups is 1. The molecule has 82 valence electrons. The van der Waals surface area contributed by atoms with Crippen molar-refractivity contribution in [3.63, 3.8) is 0 Å². The summed E-state index contributed by atoms with van der Waals surface area (Å²) < 4.78 is 41.5. The SMILES string of the molecule is COC(=O)c1ncc(C(F)F)c(F)c1Br. The number of ether oxygens (including phenoxy) is 1. The number of aromatic nitrogens is 1. The van der Waals surface area contributed by atoms with E-state index in [9.17, 15) is 18.0 Å². The van der Waals surface area contributed by atoms with E-state index in [2.05, 4.69) is 25.7 Å². The monoisotopic (exact) mass is 283 g/mol. The zero-order valence-electron chi connectivity index (χ0n) is 7.43. The van der Waals surface area contributed by atoms with Crippen LogP contribution in [0.2, 0.25) is 0 Å². The second kappa shape index (κ2) is 4.61. The van der Waals surface area contributed by atoms with E-state index < -0.39 is 28.2 Å². The first-order chi connectivity index (χ1) is 6.99. The van der Waals surface area contributed by atoms with Gasteiger partial charge in [0.2, 0.25) is 0 Å². The molecular formula is C8H5BrF3NO2.